The molecule has 2 N–H and O–H groups in total. The molecule has 25 heavy (non-hydrogen) atoms. The van der Waals surface area contributed by atoms with Gasteiger partial charge in [-0.15, -0.1) is 0 Å². The highest BCUT2D eigenvalue weighted by molar-refractivity contribution is 5.97. The van der Waals surface area contributed by atoms with Crippen LogP contribution in [0.2, 0.25) is 0 Å². The molecule has 0 aliphatic heterocycles. The average molecular weight is 347 g/mol. The largest absolute Gasteiger partial charge is 0.493 e. The van der Waals surface area contributed by atoms with E-state index in [0.717, 1.165) is 0 Å². The summed E-state index contributed by atoms with van der Waals surface area (Å²) in [5, 5.41) is 6.51. The van der Waals surface area contributed by atoms with Gasteiger partial charge in [-0.3, -0.25) is 9.59 Å². The van der Waals surface area contributed by atoms with Gasteiger partial charge in [0.25, 0.3) is 0 Å². The molecule has 0 aliphatic rings. The molecule has 0 heterocycles. The molecule has 0 unspecified atom stereocenters. The number of carbonyl (C=O) groups excluding carboxylic acids is 2. The standard InChI is InChI=1S/C18H25N3O4/c1-5-8-25-15-7-6-14(9-16(15)24-4)12-20-21-18(23)10-17(22)19-11-13(2)3/h5-7,9,12-13H,1,8,10-11H2,2-4H3,(H,19,22)(H,21,23)/b20-12+. The summed E-state index contributed by atoms with van der Waals surface area (Å²) in [5.41, 5.74) is 3.04. The van der Waals surface area contributed by atoms with Gasteiger partial charge in [0, 0.05) is 6.54 Å². The molecule has 7 nitrogen and oxygen atoms in total. The van der Waals surface area contributed by atoms with E-state index in [9.17, 15) is 9.59 Å². The maximum absolute atomic E-state index is 11.6. The number of nitrogens with one attached hydrogen (secondary N) is 2. The van der Waals surface area contributed by atoms with E-state index in [1.807, 2.05) is 13.8 Å². The van der Waals surface area contributed by atoms with Crippen molar-refractivity contribution in [1.82, 2.24) is 10.7 Å². The molecule has 0 atom stereocenters. The highest BCUT2D eigenvalue weighted by Crippen LogP contribution is 2.27. The average Bonchev–Trinajstić information content (AvgIpc) is 2.58. The Hall–Kier alpha value is -2.83. The van der Waals surface area contributed by atoms with Gasteiger partial charge >= 0.3 is 0 Å². The number of amides is 2. The van der Waals surface area contributed by atoms with E-state index in [1.165, 1.54) is 13.3 Å². The first-order valence-corrected chi connectivity index (χ1v) is 7.96. The summed E-state index contributed by atoms with van der Waals surface area (Å²) in [6.07, 6.45) is 2.84. The van der Waals surface area contributed by atoms with Crippen LogP contribution in [0.5, 0.6) is 11.5 Å². The van der Waals surface area contributed by atoms with Gasteiger partial charge in [-0.25, -0.2) is 5.43 Å². The van der Waals surface area contributed by atoms with Crippen LogP contribution in [0.25, 0.3) is 0 Å². The third-order valence-electron chi connectivity index (χ3n) is 2.98. The van der Waals surface area contributed by atoms with Crippen molar-refractivity contribution in [2.75, 3.05) is 20.3 Å². The smallest absolute Gasteiger partial charge is 0.249 e. The van der Waals surface area contributed by atoms with Crippen molar-refractivity contribution in [2.45, 2.75) is 20.3 Å². The molecular weight excluding hydrogens is 322 g/mol. The quantitative estimate of drug-likeness (QED) is 0.293. The number of ether oxygens (including phenoxy) is 2. The van der Waals surface area contributed by atoms with E-state index < -0.39 is 5.91 Å². The van der Waals surface area contributed by atoms with E-state index in [2.05, 4.69) is 22.4 Å². The number of rotatable bonds is 10. The molecular formula is C18H25N3O4. The second-order valence-electron chi connectivity index (χ2n) is 5.68. The molecule has 0 radical (unpaired) electrons. The van der Waals surface area contributed by atoms with E-state index >= 15 is 0 Å². The van der Waals surface area contributed by atoms with Crippen LogP contribution in [-0.4, -0.2) is 38.3 Å². The number of nitrogens with zero attached hydrogens (tertiary/aromatic N) is 1. The lowest BCUT2D eigenvalue weighted by atomic mass is 10.2. The summed E-state index contributed by atoms with van der Waals surface area (Å²) in [4.78, 5) is 23.2. The zero-order valence-corrected chi connectivity index (χ0v) is 14.9. The minimum absolute atomic E-state index is 0.262. The van der Waals surface area contributed by atoms with Crippen LogP contribution < -0.4 is 20.2 Å². The fourth-order valence-corrected chi connectivity index (χ4v) is 1.78. The molecule has 0 spiro atoms. The van der Waals surface area contributed by atoms with Crippen LogP contribution in [0.4, 0.5) is 0 Å². The topological polar surface area (TPSA) is 89.0 Å². The Balaban J connectivity index is 2.53. The van der Waals surface area contributed by atoms with Crippen LogP contribution in [0.1, 0.15) is 25.8 Å². The first-order chi connectivity index (χ1) is 12.0. The Morgan fingerprint density at radius 1 is 1.28 bits per heavy atom. The third kappa shape index (κ3) is 8.01. The van der Waals surface area contributed by atoms with E-state index in [4.69, 9.17) is 9.47 Å². The van der Waals surface area contributed by atoms with Gasteiger partial charge in [0.1, 0.15) is 13.0 Å². The summed E-state index contributed by atoms with van der Waals surface area (Å²) in [5.74, 6) is 0.663. The fraction of sp³-hybridized carbons (Fsp3) is 0.389. The van der Waals surface area contributed by atoms with Crippen molar-refractivity contribution in [3.63, 3.8) is 0 Å². The first kappa shape index (κ1) is 20.2. The number of methoxy groups -OCH3 is 1. The van der Waals surface area contributed by atoms with Gasteiger partial charge < -0.3 is 14.8 Å². The maximum Gasteiger partial charge on any atom is 0.249 e. The van der Waals surface area contributed by atoms with Gasteiger partial charge in [0.15, 0.2) is 11.5 Å². The fourth-order valence-electron chi connectivity index (χ4n) is 1.78. The molecule has 0 aliphatic carbocycles. The number of carbonyl (C=O) groups is 2. The SMILES string of the molecule is C=CCOc1ccc(/C=N/NC(=O)CC(=O)NCC(C)C)cc1OC. The highest BCUT2D eigenvalue weighted by atomic mass is 16.5. The number of hydrogen-bond donors (Lipinski definition) is 2. The predicted octanol–water partition coefficient (Wildman–Crippen LogP) is 1.87. The summed E-state index contributed by atoms with van der Waals surface area (Å²) in [6, 6.07) is 5.24. The number of hydrogen-bond acceptors (Lipinski definition) is 5. The van der Waals surface area contributed by atoms with Crippen LogP contribution >= 0.6 is 0 Å². The van der Waals surface area contributed by atoms with Crippen LogP contribution in [0.3, 0.4) is 0 Å². The number of hydrazone groups is 1. The predicted molar refractivity (Wildman–Crippen MR) is 96.9 cm³/mol. The van der Waals surface area contributed by atoms with Gasteiger partial charge in [0.2, 0.25) is 11.8 Å². The lowest BCUT2D eigenvalue weighted by Crippen LogP contribution is -2.32. The highest BCUT2D eigenvalue weighted by Gasteiger charge is 2.09. The molecule has 0 fully saturated rings. The van der Waals surface area contributed by atoms with Crippen molar-refractivity contribution in [3.05, 3.63) is 36.4 Å². The Morgan fingerprint density at radius 2 is 2.04 bits per heavy atom. The van der Waals surface area contributed by atoms with Crippen molar-refractivity contribution in [3.8, 4) is 11.5 Å². The van der Waals surface area contributed by atoms with Crippen molar-refractivity contribution < 1.29 is 19.1 Å². The van der Waals surface area contributed by atoms with Crippen molar-refractivity contribution in [1.29, 1.82) is 0 Å². The first-order valence-electron chi connectivity index (χ1n) is 7.96. The van der Waals surface area contributed by atoms with Crippen molar-refractivity contribution >= 4 is 18.0 Å². The minimum atomic E-state index is -0.476. The van der Waals surface area contributed by atoms with Gasteiger partial charge in [-0.2, -0.15) is 5.10 Å². The van der Waals surface area contributed by atoms with Crippen LogP contribution in [-0.2, 0) is 9.59 Å². The zero-order chi connectivity index (χ0) is 18.7. The van der Waals surface area contributed by atoms with Crippen molar-refractivity contribution in [2.24, 2.45) is 11.0 Å². The van der Waals surface area contributed by atoms with Gasteiger partial charge in [-0.1, -0.05) is 26.5 Å². The molecule has 0 aromatic heterocycles. The molecule has 0 saturated heterocycles. The normalized spacial score (nSPS) is 10.6. The molecule has 1 aromatic carbocycles. The Morgan fingerprint density at radius 3 is 2.68 bits per heavy atom. The third-order valence-corrected chi connectivity index (χ3v) is 2.98. The number of benzene rings is 1. The van der Waals surface area contributed by atoms with E-state index in [1.54, 1.807) is 24.3 Å². The molecule has 1 aromatic rings. The Bertz CT molecular complexity index is 627. The summed E-state index contributed by atoms with van der Waals surface area (Å²) in [7, 11) is 1.54. The molecule has 7 heteroatoms. The molecule has 0 bridgehead atoms. The van der Waals surface area contributed by atoms with Crippen LogP contribution in [0.15, 0.2) is 36.0 Å². The summed E-state index contributed by atoms with van der Waals surface area (Å²) >= 11 is 0. The van der Waals surface area contributed by atoms with Gasteiger partial charge in [0.05, 0.1) is 13.3 Å². The van der Waals surface area contributed by atoms with Crippen LogP contribution in [0, 0.1) is 5.92 Å². The summed E-state index contributed by atoms with van der Waals surface area (Å²) in [6.45, 7) is 8.46. The van der Waals surface area contributed by atoms with Gasteiger partial charge in [-0.05, 0) is 29.7 Å². The lowest BCUT2D eigenvalue weighted by molar-refractivity contribution is -0.129. The summed E-state index contributed by atoms with van der Waals surface area (Å²) < 4.78 is 10.7. The molecule has 0 saturated carbocycles. The Kier molecular flexibility index (Phi) is 8.78. The minimum Gasteiger partial charge on any atom is -0.493 e. The molecule has 136 valence electrons. The lowest BCUT2D eigenvalue weighted by Gasteiger charge is -2.09. The second-order valence-corrected chi connectivity index (χ2v) is 5.68. The maximum atomic E-state index is 11.6. The molecule has 1 rings (SSSR count). The Labute approximate surface area is 148 Å². The second kappa shape index (κ2) is 10.9. The monoisotopic (exact) mass is 347 g/mol. The van der Waals surface area contributed by atoms with E-state index in [0.29, 0.717) is 36.1 Å². The molecule has 2 amide bonds. The van der Waals surface area contributed by atoms with E-state index in [-0.39, 0.29) is 12.3 Å². The zero-order valence-electron chi connectivity index (χ0n) is 14.9.